The summed E-state index contributed by atoms with van der Waals surface area (Å²) in [5, 5.41) is 10.7. The average Bonchev–Trinajstić information content (AvgIpc) is 3.19. The molecule has 1 saturated carbocycles. The number of halogens is 2. The fraction of sp³-hybridized carbons (Fsp3) is 0.455. The number of nitrogens with two attached hydrogens (primary N) is 1. The molecule has 3 N–H and O–H groups in total. The standard InChI is InChI=1S/C11H14ClN3O4S.ClH/c12-8-2-1-3-10(15(16)17)11(8)20(18,19)14-6-9(13)7-4-5-7;/h1-3,7,9,14H,4-6,13H2;1H. The molecule has 2 rings (SSSR count). The summed E-state index contributed by atoms with van der Waals surface area (Å²) in [7, 11) is -4.07. The summed E-state index contributed by atoms with van der Waals surface area (Å²) in [5.74, 6) is 0.318. The quantitative estimate of drug-likeness (QED) is 0.594. The van der Waals surface area contributed by atoms with E-state index < -0.39 is 25.5 Å². The van der Waals surface area contributed by atoms with Gasteiger partial charge in [-0.1, -0.05) is 17.7 Å². The van der Waals surface area contributed by atoms with Crippen LogP contribution in [-0.2, 0) is 10.0 Å². The molecule has 1 unspecified atom stereocenters. The molecule has 10 heteroatoms. The van der Waals surface area contributed by atoms with Crippen molar-refractivity contribution in [3.63, 3.8) is 0 Å². The molecule has 0 radical (unpaired) electrons. The first-order valence-corrected chi connectivity index (χ1v) is 7.87. The molecule has 0 aromatic heterocycles. The van der Waals surface area contributed by atoms with Crippen molar-refractivity contribution >= 4 is 39.7 Å². The second-order valence-corrected chi connectivity index (χ2v) is 6.81. The topological polar surface area (TPSA) is 115 Å². The Kier molecular flexibility index (Phi) is 5.94. The summed E-state index contributed by atoms with van der Waals surface area (Å²) in [4.78, 5) is 9.61. The highest BCUT2D eigenvalue weighted by Crippen LogP contribution is 2.32. The Morgan fingerprint density at radius 3 is 2.62 bits per heavy atom. The summed E-state index contributed by atoms with van der Waals surface area (Å²) in [6.45, 7) is 0.0371. The van der Waals surface area contributed by atoms with Crippen molar-refractivity contribution in [3.8, 4) is 0 Å². The van der Waals surface area contributed by atoms with Crippen LogP contribution in [-0.4, -0.2) is 25.9 Å². The van der Waals surface area contributed by atoms with Crippen molar-refractivity contribution in [2.24, 2.45) is 11.7 Å². The minimum Gasteiger partial charge on any atom is -0.326 e. The highest BCUT2D eigenvalue weighted by atomic mass is 35.5. The third-order valence-electron chi connectivity index (χ3n) is 3.15. The summed E-state index contributed by atoms with van der Waals surface area (Å²) >= 11 is 5.79. The lowest BCUT2D eigenvalue weighted by atomic mass is 10.2. The predicted octanol–water partition coefficient (Wildman–Crippen LogP) is 1.69. The van der Waals surface area contributed by atoms with E-state index >= 15 is 0 Å². The maximum absolute atomic E-state index is 12.2. The molecule has 0 saturated heterocycles. The van der Waals surface area contributed by atoms with Crippen LogP contribution in [0.1, 0.15) is 12.8 Å². The van der Waals surface area contributed by atoms with E-state index in [1.54, 1.807) is 0 Å². The Labute approximate surface area is 133 Å². The Balaban J connectivity index is 0.00000220. The lowest BCUT2D eigenvalue weighted by Crippen LogP contribution is -2.38. The fourth-order valence-electron chi connectivity index (χ4n) is 1.88. The van der Waals surface area contributed by atoms with Crippen molar-refractivity contribution in [3.05, 3.63) is 33.3 Å². The van der Waals surface area contributed by atoms with Crippen LogP contribution in [0, 0.1) is 16.0 Å². The number of benzene rings is 1. The molecule has 0 aliphatic heterocycles. The van der Waals surface area contributed by atoms with Gasteiger partial charge in [-0.25, -0.2) is 13.1 Å². The lowest BCUT2D eigenvalue weighted by Gasteiger charge is -2.12. The number of hydrogen-bond donors (Lipinski definition) is 2. The molecule has 7 nitrogen and oxygen atoms in total. The monoisotopic (exact) mass is 355 g/mol. The zero-order valence-electron chi connectivity index (χ0n) is 10.9. The maximum atomic E-state index is 12.2. The molecule has 1 aromatic rings. The first-order chi connectivity index (χ1) is 9.33. The van der Waals surface area contributed by atoms with Gasteiger partial charge in [0.15, 0.2) is 4.90 Å². The van der Waals surface area contributed by atoms with Crippen molar-refractivity contribution < 1.29 is 13.3 Å². The number of nitrogens with zero attached hydrogens (tertiary/aromatic N) is 1. The van der Waals surface area contributed by atoms with Crippen molar-refractivity contribution in [2.45, 2.75) is 23.8 Å². The van der Waals surface area contributed by atoms with Gasteiger partial charge < -0.3 is 5.73 Å². The Bertz CT molecular complexity index is 634. The Hall–Kier alpha value is -0.930. The minimum absolute atomic E-state index is 0. The molecule has 0 heterocycles. The number of hydrogen-bond acceptors (Lipinski definition) is 5. The van der Waals surface area contributed by atoms with Crippen LogP contribution < -0.4 is 10.5 Å². The van der Waals surface area contributed by atoms with Gasteiger partial charge in [0.2, 0.25) is 10.0 Å². The van der Waals surface area contributed by atoms with Gasteiger partial charge in [-0.2, -0.15) is 0 Å². The van der Waals surface area contributed by atoms with Crippen molar-refractivity contribution in [2.75, 3.05) is 6.54 Å². The number of nitro benzene ring substituents is 1. The van der Waals surface area contributed by atoms with Gasteiger partial charge in [-0.3, -0.25) is 10.1 Å². The zero-order chi connectivity index (χ0) is 14.9. The van der Waals surface area contributed by atoms with E-state index in [1.807, 2.05) is 0 Å². The number of nitrogens with one attached hydrogen (secondary N) is 1. The molecule has 21 heavy (non-hydrogen) atoms. The number of nitro groups is 1. The van der Waals surface area contributed by atoms with E-state index in [0.717, 1.165) is 18.9 Å². The molecule has 118 valence electrons. The van der Waals surface area contributed by atoms with Gasteiger partial charge in [0.25, 0.3) is 5.69 Å². The first-order valence-electron chi connectivity index (χ1n) is 6.01. The van der Waals surface area contributed by atoms with E-state index in [2.05, 4.69) is 4.72 Å². The largest absolute Gasteiger partial charge is 0.326 e. The molecule has 0 amide bonds. The molecular weight excluding hydrogens is 341 g/mol. The highest BCUT2D eigenvalue weighted by Gasteiger charge is 2.32. The van der Waals surface area contributed by atoms with Crippen LogP contribution in [0.5, 0.6) is 0 Å². The summed E-state index contributed by atoms with van der Waals surface area (Å²) in [5.41, 5.74) is 5.26. The highest BCUT2D eigenvalue weighted by molar-refractivity contribution is 7.89. The van der Waals surface area contributed by atoms with Gasteiger partial charge >= 0.3 is 0 Å². The Morgan fingerprint density at radius 1 is 1.48 bits per heavy atom. The number of sulfonamides is 1. The smallest absolute Gasteiger partial charge is 0.290 e. The first kappa shape index (κ1) is 18.1. The van der Waals surface area contributed by atoms with E-state index in [1.165, 1.54) is 12.1 Å². The van der Waals surface area contributed by atoms with Crippen LogP contribution in [0.15, 0.2) is 23.1 Å². The molecule has 0 bridgehead atoms. The average molecular weight is 356 g/mol. The molecule has 1 atom stereocenters. The van der Waals surface area contributed by atoms with Crippen LogP contribution in [0.2, 0.25) is 5.02 Å². The fourth-order valence-corrected chi connectivity index (χ4v) is 3.65. The normalized spacial score (nSPS) is 16.1. The van der Waals surface area contributed by atoms with E-state index in [4.69, 9.17) is 17.3 Å². The predicted molar refractivity (Wildman–Crippen MR) is 81.2 cm³/mol. The molecule has 0 spiro atoms. The summed E-state index contributed by atoms with van der Waals surface area (Å²) in [6.07, 6.45) is 1.96. The van der Waals surface area contributed by atoms with Gasteiger partial charge in [0.05, 0.1) is 9.95 Å². The molecule has 1 aromatic carbocycles. The van der Waals surface area contributed by atoms with Crippen LogP contribution in [0.4, 0.5) is 5.69 Å². The van der Waals surface area contributed by atoms with E-state index in [0.29, 0.717) is 5.92 Å². The van der Waals surface area contributed by atoms with Crippen LogP contribution in [0.3, 0.4) is 0 Å². The van der Waals surface area contributed by atoms with Crippen LogP contribution in [0.25, 0.3) is 0 Å². The summed E-state index contributed by atoms with van der Waals surface area (Å²) < 4.78 is 26.6. The second kappa shape index (κ2) is 6.89. The van der Waals surface area contributed by atoms with E-state index in [-0.39, 0.29) is 30.0 Å². The molecule has 1 fully saturated rings. The van der Waals surface area contributed by atoms with Crippen LogP contribution >= 0.6 is 24.0 Å². The molecule has 1 aliphatic rings. The zero-order valence-corrected chi connectivity index (χ0v) is 13.2. The summed E-state index contributed by atoms with van der Waals surface area (Å²) in [6, 6.07) is 3.44. The van der Waals surface area contributed by atoms with Gasteiger partial charge in [0, 0.05) is 18.7 Å². The third kappa shape index (κ3) is 4.27. The maximum Gasteiger partial charge on any atom is 0.290 e. The van der Waals surface area contributed by atoms with Gasteiger partial charge in [-0.05, 0) is 24.8 Å². The second-order valence-electron chi connectivity index (χ2n) is 4.70. The van der Waals surface area contributed by atoms with Crippen molar-refractivity contribution in [1.29, 1.82) is 0 Å². The molecule has 1 aliphatic carbocycles. The molecular formula is C11H15Cl2N3O4S. The van der Waals surface area contributed by atoms with E-state index in [9.17, 15) is 18.5 Å². The van der Waals surface area contributed by atoms with Gasteiger partial charge in [0.1, 0.15) is 0 Å². The van der Waals surface area contributed by atoms with Crippen molar-refractivity contribution in [1.82, 2.24) is 4.72 Å². The minimum atomic E-state index is -4.07. The third-order valence-corrected chi connectivity index (χ3v) is 5.09. The lowest BCUT2D eigenvalue weighted by molar-refractivity contribution is -0.387. The Morgan fingerprint density at radius 2 is 2.10 bits per heavy atom. The van der Waals surface area contributed by atoms with Gasteiger partial charge in [-0.15, -0.1) is 12.4 Å². The number of rotatable bonds is 6. The SMILES string of the molecule is Cl.NC(CNS(=O)(=O)c1c(Cl)cccc1[N+](=O)[O-])C1CC1.